The van der Waals surface area contributed by atoms with Crippen LogP contribution in [0.5, 0.6) is 0 Å². The van der Waals surface area contributed by atoms with Gasteiger partial charge in [0, 0.05) is 5.41 Å². The molecular formula is C8H14O. The van der Waals surface area contributed by atoms with Gasteiger partial charge in [0.15, 0.2) is 0 Å². The molecule has 0 N–H and O–H groups in total. The molecule has 1 atom stereocenters. The SMILES string of the molecule is C=COC1CCC1(C)C. The predicted molar refractivity (Wildman–Crippen MR) is 38.1 cm³/mol. The molecule has 52 valence electrons. The highest BCUT2D eigenvalue weighted by molar-refractivity contribution is 4.90. The highest BCUT2D eigenvalue weighted by atomic mass is 16.5. The van der Waals surface area contributed by atoms with E-state index in [2.05, 4.69) is 20.4 Å². The molecule has 0 aliphatic heterocycles. The lowest BCUT2D eigenvalue weighted by Crippen LogP contribution is -2.40. The lowest BCUT2D eigenvalue weighted by atomic mass is 9.69. The van der Waals surface area contributed by atoms with Gasteiger partial charge in [-0.2, -0.15) is 0 Å². The van der Waals surface area contributed by atoms with Crippen LogP contribution in [0.1, 0.15) is 26.7 Å². The van der Waals surface area contributed by atoms with Crippen molar-refractivity contribution in [3.8, 4) is 0 Å². The van der Waals surface area contributed by atoms with Gasteiger partial charge in [-0.05, 0) is 12.8 Å². The first-order valence-electron chi connectivity index (χ1n) is 3.43. The van der Waals surface area contributed by atoms with Gasteiger partial charge in [-0.1, -0.05) is 20.4 Å². The molecule has 1 nitrogen and oxygen atoms in total. The Hall–Kier alpha value is -0.460. The van der Waals surface area contributed by atoms with Crippen molar-refractivity contribution in [3.05, 3.63) is 12.8 Å². The first kappa shape index (κ1) is 6.66. The van der Waals surface area contributed by atoms with Gasteiger partial charge >= 0.3 is 0 Å². The zero-order chi connectivity index (χ0) is 6.91. The van der Waals surface area contributed by atoms with Crippen molar-refractivity contribution < 1.29 is 4.74 Å². The molecule has 1 rings (SSSR count). The molecule has 0 amide bonds. The molecule has 0 aromatic rings. The van der Waals surface area contributed by atoms with Crippen molar-refractivity contribution in [2.45, 2.75) is 32.8 Å². The third-order valence-corrected chi connectivity index (χ3v) is 2.18. The van der Waals surface area contributed by atoms with Gasteiger partial charge in [-0.3, -0.25) is 0 Å². The molecule has 1 fully saturated rings. The minimum absolute atomic E-state index is 0.397. The minimum atomic E-state index is 0.397. The number of rotatable bonds is 2. The quantitative estimate of drug-likeness (QED) is 0.516. The van der Waals surface area contributed by atoms with E-state index in [1.807, 2.05) is 0 Å². The Balaban J connectivity index is 2.36. The standard InChI is InChI=1S/C8H14O/c1-4-9-7-5-6-8(7,2)3/h4,7H,1,5-6H2,2-3H3. The summed E-state index contributed by atoms with van der Waals surface area (Å²) in [5.41, 5.74) is 0.397. The maximum absolute atomic E-state index is 5.26. The van der Waals surface area contributed by atoms with Crippen molar-refractivity contribution in [1.29, 1.82) is 0 Å². The van der Waals surface area contributed by atoms with E-state index in [9.17, 15) is 0 Å². The van der Waals surface area contributed by atoms with Crippen LogP contribution in [0.2, 0.25) is 0 Å². The molecule has 1 saturated carbocycles. The smallest absolute Gasteiger partial charge is 0.103 e. The molecule has 0 spiro atoms. The van der Waals surface area contributed by atoms with Gasteiger partial charge in [-0.15, -0.1) is 0 Å². The van der Waals surface area contributed by atoms with E-state index >= 15 is 0 Å². The Morgan fingerprint density at radius 2 is 2.33 bits per heavy atom. The number of ether oxygens (including phenoxy) is 1. The van der Waals surface area contributed by atoms with E-state index in [1.54, 1.807) is 6.26 Å². The third-order valence-electron chi connectivity index (χ3n) is 2.18. The maximum Gasteiger partial charge on any atom is 0.103 e. The second-order valence-electron chi connectivity index (χ2n) is 3.32. The Labute approximate surface area is 56.7 Å². The third kappa shape index (κ3) is 1.09. The molecular weight excluding hydrogens is 112 g/mol. The van der Waals surface area contributed by atoms with Gasteiger partial charge in [0.05, 0.1) is 6.26 Å². The zero-order valence-electron chi connectivity index (χ0n) is 6.18. The second kappa shape index (κ2) is 2.05. The largest absolute Gasteiger partial charge is 0.498 e. The summed E-state index contributed by atoms with van der Waals surface area (Å²) < 4.78 is 5.26. The van der Waals surface area contributed by atoms with Crippen LogP contribution in [0.15, 0.2) is 12.8 Å². The van der Waals surface area contributed by atoms with E-state index in [4.69, 9.17) is 4.74 Å². The molecule has 0 aromatic carbocycles. The molecule has 1 aliphatic carbocycles. The van der Waals surface area contributed by atoms with E-state index in [-0.39, 0.29) is 0 Å². The maximum atomic E-state index is 5.26. The van der Waals surface area contributed by atoms with E-state index in [0.717, 1.165) is 0 Å². The van der Waals surface area contributed by atoms with Crippen LogP contribution >= 0.6 is 0 Å². The van der Waals surface area contributed by atoms with Gasteiger partial charge in [-0.25, -0.2) is 0 Å². The van der Waals surface area contributed by atoms with Crippen LogP contribution < -0.4 is 0 Å². The van der Waals surface area contributed by atoms with Gasteiger partial charge in [0.25, 0.3) is 0 Å². The lowest BCUT2D eigenvalue weighted by molar-refractivity contribution is -0.0480. The average molecular weight is 126 g/mol. The minimum Gasteiger partial charge on any atom is -0.498 e. The normalized spacial score (nSPS) is 30.7. The second-order valence-corrected chi connectivity index (χ2v) is 3.32. The van der Waals surface area contributed by atoms with Gasteiger partial charge in [0.2, 0.25) is 0 Å². The van der Waals surface area contributed by atoms with Crippen molar-refractivity contribution >= 4 is 0 Å². The Bertz CT molecular complexity index is 116. The first-order valence-corrected chi connectivity index (χ1v) is 3.43. The van der Waals surface area contributed by atoms with Gasteiger partial charge in [0.1, 0.15) is 6.10 Å². The molecule has 1 heteroatoms. The van der Waals surface area contributed by atoms with E-state index in [1.165, 1.54) is 12.8 Å². The predicted octanol–water partition coefficient (Wildman–Crippen LogP) is 2.34. The first-order chi connectivity index (χ1) is 4.17. The molecule has 1 unspecified atom stereocenters. The molecule has 0 bridgehead atoms. The summed E-state index contributed by atoms with van der Waals surface area (Å²) in [6.07, 6.45) is 4.45. The fourth-order valence-corrected chi connectivity index (χ4v) is 1.21. The number of hydrogen-bond donors (Lipinski definition) is 0. The summed E-state index contributed by atoms with van der Waals surface area (Å²) in [7, 11) is 0. The summed E-state index contributed by atoms with van der Waals surface area (Å²) in [6.45, 7) is 7.98. The monoisotopic (exact) mass is 126 g/mol. The fourth-order valence-electron chi connectivity index (χ4n) is 1.21. The average Bonchev–Trinajstić information content (AvgIpc) is 1.81. The van der Waals surface area contributed by atoms with E-state index in [0.29, 0.717) is 11.5 Å². The Morgan fingerprint density at radius 3 is 2.44 bits per heavy atom. The Kier molecular flexibility index (Phi) is 1.52. The molecule has 0 radical (unpaired) electrons. The number of hydrogen-bond acceptors (Lipinski definition) is 1. The van der Waals surface area contributed by atoms with Crippen molar-refractivity contribution in [1.82, 2.24) is 0 Å². The summed E-state index contributed by atoms with van der Waals surface area (Å²) >= 11 is 0. The van der Waals surface area contributed by atoms with Crippen molar-refractivity contribution in [2.75, 3.05) is 0 Å². The Morgan fingerprint density at radius 1 is 1.67 bits per heavy atom. The van der Waals surface area contributed by atoms with Crippen LogP contribution in [0.4, 0.5) is 0 Å². The lowest BCUT2D eigenvalue weighted by Gasteiger charge is -2.43. The molecule has 0 saturated heterocycles. The van der Waals surface area contributed by atoms with Crippen LogP contribution in [0, 0.1) is 5.41 Å². The molecule has 0 heterocycles. The van der Waals surface area contributed by atoms with Crippen LogP contribution in [0.25, 0.3) is 0 Å². The molecule has 0 aromatic heterocycles. The molecule has 1 aliphatic rings. The highest BCUT2D eigenvalue weighted by Crippen LogP contribution is 2.42. The fraction of sp³-hybridized carbons (Fsp3) is 0.750. The summed E-state index contributed by atoms with van der Waals surface area (Å²) in [4.78, 5) is 0. The topological polar surface area (TPSA) is 9.23 Å². The van der Waals surface area contributed by atoms with Gasteiger partial charge < -0.3 is 4.74 Å². The zero-order valence-corrected chi connectivity index (χ0v) is 6.18. The van der Waals surface area contributed by atoms with Crippen LogP contribution in [-0.2, 0) is 4.74 Å². The van der Waals surface area contributed by atoms with Crippen LogP contribution in [-0.4, -0.2) is 6.10 Å². The van der Waals surface area contributed by atoms with E-state index < -0.39 is 0 Å². The van der Waals surface area contributed by atoms with Crippen LogP contribution in [0.3, 0.4) is 0 Å². The van der Waals surface area contributed by atoms with Crippen molar-refractivity contribution in [2.24, 2.45) is 5.41 Å². The summed E-state index contributed by atoms with van der Waals surface area (Å²) in [5.74, 6) is 0. The summed E-state index contributed by atoms with van der Waals surface area (Å²) in [5, 5.41) is 0. The molecule has 9 heavy (non-hydrogen) atoms. The summed E-state index contributed by atoms with van der Waals surface area (Å²) in [6, 6.07) is 0. The highest BCUT2D eigenvalue weighted by Gasteiger charge is 2.39. The van der Waals surface area contributed by atoms with Crippen molar-refractivity contribution in [3.63, 3.8) is 0 Å².